The van der Waals surface area contributed by atoms with Crippen LogP contribution < -0.4 is 15.4 Å². The number of amides is 2. The van der Waals surface area contributed by atoms with Crippen molar-refractivity contribution in [3.63, 3.8) is 0 Å². The number of phenols is 1. The maximum atomic E-state index is 13.3. The Balaban J connectivity index is 1.58. The number of rotatable bonds is 23. The molecule has 3 N–H and O–H groups in total. The van der Waals surface area contributed by atoms with Crippen LogP contribution in [0.1, 0.15) is 133 Å². The van der Waals surface area contributed by atoms with Gasteiger partial charge < -0.3 is 25.2 Å². The molecule has 1 aliphatic rings. The zero-order chi connectivity index (χ0) is 33.7. The van der Waals surface area contributed by atoms with Gasteiger partial charge in [-0.3, -0.25) is 9.59 Å². The standard InChI is InChI=1S/C40H62N2O5/c1-31(2)18-12-9-7-5-4-6-8-10-15-23-39(44)42-36(29-41-40(45)35-21-16-17-22-37(35)43)38(47-30-33-19-13-11-14-20-33)28-32-24-26-34(46-3)27-25-32/h16-17,21-22,24-27,31,33,36,38,43H,4-15,18-20,23,28-30H2,1-3H3,(H,41,45)(H,42,44). The van der Waals surface area contributed by atoms with Crippen LogP contribution >= 0.6 is 0 Å². The highest BCUT2D eigenvalue weighted by Gasteiger charge is 2.27. The molecule has 0 spiro atoms. The molecule has 1 fully saturated rings. The summed E-state index contributed by atoms with van der Waals surface area (Å²) in [6.45, 7) is 5.42. The Morgan fingerprint density at radius 2 is 1.49 bits per heavy atom. The van der Waals surface area contributed by atoms with E-state index in [0.29, 0.717) is 25.4 Å². The van der Waals surface area contributed by atoms with Crippen molar-refractivity contribution in [1.29, 1.82) is 0 Å². The van der Waals surface area contributed by atoms with Crippen molar-refractivity contribution in [3.8, 4) is 11.5 Å². The molecule has 47 heavy (non-hydrogen) atoms. The van der Waals surface area contributed by atoms with Gasteiger partial charge in [0.2, 0.25) is 5.91 Å². The molecule has 0 radical (unpaired) electrons. The summed E-state index contributed by atoms with van der Waals surface area (Å²) >= 11 is 0. The van der Waals surface area contributed by atoms with Crippen LogP contribution in [0.15, 0.2) is 48.5 Å². The van der Waals surface area contributed by atoms with E-state index in [2.05, 4.69) is 24.5 Å². The number of aromatic hydroxyl groups is 1. The second-order valence-corrected chi connectivity index (χ2v) is 13.9. The molecule has 2 aromatic carbocycles. The van der Waals surface area contributed by atoms with Crippen molar-refractivity contribution >= 4 is 11.8 Å². The highest BCUT2D eigenvalue weighted by molar-refractivity contribution is 5.96. The summed E-state index contributed by atoms with van der Waals surface area (Å²) < 4.78 is 12.0. The number of ether oxygens (including phenoxy) is 2. The van der Waals surface area contributed by atoms with Gasteiger partial charge >= 0.3 is 0 Å². The average Bonchev–Trinajstić information content (AvgIpc) is 3.08. The van der Waals surface area contributed by atoms with Gasteiger partial charge in [0.25, 0.3) is 5.91 Å². The van der Waals surface area contributed by atoms with E-state index in [-0.39, 0.29) is 35.8 Å². The number of para-hydroxylation sites is 1. The van der Waals surface area contributed by atoms with E-state index in [1.54, 1.807) is 25.3 Å². The van der Waals surface area contributed by atoms with Gasteiger partial charge in [-0.15, -0.1) is 0 Å². The maximum Gasteiger partial charge on any atom is 0.255 e. The summed E-state index contributed by atoms with van der Waals surface area (Å²) in [5.74, 6) is 1.64. The van der Waals surface area contributed by atoms with E-state index in [1.807, 2.05) is 24.3 Å². The molecule has 0 aromatic heterocycles. The molecule has 2 unspecified atom stereocenters. The lowest BCUT2D eigenvalue weighted by atomic mass is 9.90. The molecular weight excluding hydrogens is 588 g/mol. The fourth-order valence-corrected chi connectivity index (χ4v) is 6.52. The molecule has 262 valence electrons. The molecule has 7 nitrogen and oxygen atoms in total. The predicted octanol–water partition coefficient (Wildman–Crippen LogP) is 8.77. The van der Waals surface area contributed by atoms with E-state index in [9.17, 15) is 14.7 Å². The van der Waals surface area contributed by atoms with Gasteiger partial charge in [-0.2, -0.15) is 0 Å². The zero-order valence-electron chi connectivity index (χ0n) is 29.4. The third-order valence-corrected chi connectivity index (χ3v) is 9.48. The molecule has 2 aromatic rings. The first-order valence-corrected chi connectivity index (χ1v) is 18.5. The van der Waals surface area contributed by atoms with Crippen molar-refractivity contribution in [2.75, 3.05) is 20.3 Å². The Kier molecular flexibility index (Phi) is 18.4. The third kappa shape index (κ3) is 15.6. The Labute approximate surface area is 284 Å². The molecule has 1 saturated carbocycles. The van der Waals surface area contributed by atoms with Gasteiger partial charge in [0, 0.05) is 26.0 Å². The van der Waals surface area contributed by atoms with Crippen LogP contribution in [0.25, 0.3) is 0 Å². The van der Waals surface area contributed by atoms with Crippen molar-refractivity contribution in [2.24, 2.45) is 11.8 Å². The monoisotopic (exact) mass is 650 g/mol. The molecule has 3 rings (SSSR count). The summed E-state index contributed by atoms with van der Waals surface area (Å²) in [6, 6.07) is 14.0. The van der Waals surface area contributed by atoms with Crippen LogP contribution in [0.3, 0.4) is 0 Å². The van der Waals surface area contributed by atoms with E-state index in [4.69, 9.17) is 9.47 Å². The first-order valence-electron chi connectivity index (χ1n) is 18.5. The van der Waals surface area contributed by atoms with Gasteiger partial charge in [-0.1, -0.05) is 115 Å². The Morgan fingerprint density at radius 3 is 2.13 bits per heavy atom. The van der Waals surface area contributed by atoms with Crippen LogP contribution in [-0.2, 0) is 16.0 Å². The number of nitrogens with one attached hydrogen (secondary N) is 2. The number of unbranched alkanes of at least 4 members (excludes halogenated alkanes) is 8. The normalized spacial score (nSPS) is 14.9. The lowest BCUT2D eigenvalue weighted by Crippen LogP contribution is -2.52. The Hall–Kier alpha value is -3.06. The lowest BCUT2D eigenvalue weighted by Gasteiger charge is -2.31. The number of hydrogen-bond donors (Lipinski definition) is 3. The topological polar surface area (TPSA) is 96.9 Å². The zero-order valence-corrected chi connectivity index (χ0v) is 29.4. The highest BCUT2D eigenvalue weighted by Crippen LogP contribution is 2.25. The van der Waals surface area contributed by atoms with E-state index < -0.39 is 6.04 Å². The lowest BCUT2D eigenvalue weighted by molar-refractivity contribution is -0.123. The minimum absolute atomic E-state index is 0.0158. The molecule has 0 aliphatic heterocycles. The molecule has 0 saturated heterocycles. The number of benzene rings is 2. The number of phenolic OH excluding ortho intramolecular Hbond substituents is 1. The summed E-state index contributed by atoms with van der Waals surface area (Å²) in [5.41, 5.74) is 1.29. The first kappa shape index (κ1) is 38.4. The largest absolute Gasteiger partial charge is 0.507 e. The van der Waals surface area contributed by atoms with E-state index in [1.165, 1.54) is 70.3 Å². The minimum atomic E-state index is -0.432. The summed E-state index contributed by atoms with van der Waals surface area (Å²) in [5, 5.41) is 16.5. The molecule has 0 bridgehead atoms. The molecule has 7 heteroatoms. The quantitative estimate of drug-likeness (QED) is 0.105. The van der Waals surface area contributed by atoms with Gasteiger partial charge in [-0.05, 0) is 60.9 Å². The van der Waals surface area contributed by atoms with Crippen LogP contribution in [0.5, 0.6) is 11.5 Å². The summed E-state index contributed by atoms with van der Waals surface area (Å²) in [6.07, 6.45) is 19.0. The second-order valence-electron chi connectivity index (χ2n) is 13.9. The molecule has 1 aliphatic carbocycles. The van der Waals surface area contributed by atoms with Gasteiger partial charge in [0.05, 0.1) is 24.8 Å². The van der Waals surface area contributed by atoms with Gasteiger partial charge in [0.1, 0.15) is 11.5 Å². The number of methoxy groups -OCH3 is 1. The van der Waals surface area contributed by atoms with Crippen molar-refractivity contribution in [1.82, 2.24) is 10.6 Å². The van der Waals surface area contributed by atoms with Crippen molar-refractivity contribution in [3.05, 3.63) is 59.7 Å². The van der Waals surface area contributed by atoms with Crippen LogP contribution in [0.2, 0.25) is 0 Å². The number of hydrogen-bond acceptors (Lipinski definition) is 5. The second kappa shape index (κ2) is 22.5. The van der Waals surface area contributed by atoms with E-state index >= 15 is 0 Å². The smallest absolute Gasteiger partial charge is 0.255 e. The minimum Gasteiger partial charge on any atom is -0.507 e. The molecule has 0 heterocycles. The molecule has 2 amide bonds. The fourth-order valence-electron chi connectivity index (χ4n) is 6.52. The van der Waals surface area contributed by atoms with Gasteiger partial charge in [0.15, 0.2) is 0 Å². The van der Waals surface area contributed by atoms with Gasteiger partial charge in [-0.25, -0.2) is 0 Å². The van der Waals surface area contributed by atoms with E-state index in [0.717, 1.165) is 49.3 Å². The Morgan fingerprint density at radius 1 is 0.851 bits per heavy atom. The fraction of sp³-hybridized carbons (Fsp3) is 0.650. The van der Waals surface area contributed by atoms with Crippen LogP contribution in [-0.4, -0.2) is 49.3 Å². The highest BCUT2D eigenvalue weighted by atomic mass is 16.5. The predicted molar refractivity (Wildman–Crippen MR) is 191 cm³/mol. The first-order chi connectivity index (χ1) is 22.9. The molecular formula is C40H62N2O5. The maximum absolute atomic E-state index is 13.3. The average molecular weight is 651 g/mol. The van der Waals surface area contributed by atoms with Crippen molar-refractivity contribution in [2.45, 2.75) is 135 Å². The van der Waals surface area contributed by atoms with Crippen LogP contribution in [0, 0.1) is 11.8 Å². The third-order valence-electron chi connectivity index (χ3n) is 9.48. The van der Waals surface area contributed by atoms with Crippen molar-refractivity contribution < 1.29 is 24.2 Å². The number of carbonyl (C=O) groups excluding carboxylic acids is 2. The van der Waals surface area contributed by atoms with Crippen LogP contribution in [0.4, 0.5) is 0 Å². The summed E-state index contributed by atoms with van der Waals surface area (Å²) in [4.78, 5) is 26.4. The SMILES string of the molecule is COc1ccc(CC(OCC2CCCCC2)C(CNC(=O)c2ccccc2O)NC(=O)CCCCCCCCCCCC(C)C)cc1. The number of carbonyl (C=O) groups is 2. The summed E-state index contributed by atoms with van der Waals surface area (Å²) in [7, 11) is 1.65. The Bertz CT molecular complexity index is 1150. The molecule has 2 atom stereocenters.